The Morgan fingerprint density at radius 3 is 3.23 bits per heavy atom. The molecule has 0 bridgehead atoms. The molecule has 1 atom stereocenters. The first-order chi connectivity index (χ1) is 12.8. The number of hydrogen-bond acceptors (Lipinski definition) is 5. The number of piperidine rings is 1. The van der Waals surface area contributed by atoms with E-state index in [4.69, 9.17) is 6.42 Å². The monoisotopic (exact) mass is 365 g/mol. The molecule has 0 unspecified atom stereocenters. The van der Waals surface area contributed by atoms with Crippen LogP contribution in [0.5, 0.6) is 0 Å². The van der Waals surface area contributed by atoms with Crippen LogP contribution in [0.2, 0.25) is 0 Å². The predicted octanol–water partition coefficient (Wildman–Crippen LogP) is 3.11. The first-order valence-corrected chi connectivity index (χ1v) is 9.48. The second kappa shape index (κ2) is 7.18. The molecule has 4 rings (SSSR count). The van der Waals surface area contributed by atoms with E-state index in [1.54, 1.807) is 17.5 Å². The van der Waals surface area contributed by atoms with Crippen LogP contribution in [0.4, 0.5) is 5.69 Å². The van der Waals surface area contributed by atoms with Crippen LogP contribution < -0.4 is 5.32 Å². The minimum Gasteiger partial charge on any atom is -0.379 e. The van der Waals surface area contributed by atoms with Crippen molar-refractivity contribution in [2.24, 2.45) is 0 Å². The van der Waals surface area contributed by atoms with Gasteiger partial charge in [-0.05, 0) is 18.9 Å². The number of thiazole rings is 1. The number of amides is 1. The van der Waals surface area contributed by atoms with Gasteiger partial charge >= 0.3 is 0 Å². The highest BCUT2D eigenvalue weighted by Gasteiger charge is 2.25. The van der Waals surface area contributed by atoms with Crippen molar-refractivity contribution in [2.75, 3.05) is 18.4 Å². The van der Waals surface area contributed by atoms with Gasteiger partial charge < -0.3 is 15.2 Å². The number of fused-ring (bicyclic) bond motifs is 1. The smallest absolute Gasteiger partial charge is 0.234 e. The van der Waals surface area contributed by atoms with Gasteiger partial charge in [0.2, 0.25) is 5.91 Å². The third-order valence-corrected chi connectivity index (χ3v) is 5.43. The molecule has 3 aromatic heterocycles. The van der Waals surface area contributed by atoms with Crippen LogP contribution in [0.15, 0.2) is 30.0 Å². The summed E-state index contributed by atoms with van der Waals surface area (Å²) in [5, 5.41) is 7.58. The standard InChI is InChI=1S/C19H19N5OS/c1-2-4-16(25)24-9-3-5-13(12-24)23-17-14-6-7-20-18(14)22-11-15(17)19-21-8-10-26-19/h1,6-8,10-11,13H,3-5,9,12H2,(H2,20,22,23)/t13-/m1/s1. The molecule has 1 aliphatic heterocycles. The minimum absolute atomic E-state index is 0.0284. The van der Waals surface area contributed by atoms with Crippen molar-refractivity contribution in [3.63, 3.8) is 0 Å². The Kier molecular flexibility index (Phi) is 4.59. The van der Waals surface area contributed by atoms with Crippen LogP contribution in [-0.4, -0.2) is 44.9 Å². The molecule has 4 heterocycles. The van der Waals surface area contributed by atoms with Crippen molar-refractivity contribution in [3.05, 3.63) is 30.0 Å². The number of pyridine rings is 1. The Morgan fingerprint density at radius 2 is 2.42 bits per heavy atom. The summed E-state index contributed by atoms with van der Waals surface area (Å²) in [6.07, 6.45) is 13.0. The van der Waals surface area contributed by atoms with Gasteiger partial charge in [-0.15, -0.1) is 17.8 Å². The Morgan fingerprint density at radius 1 is 1.50 bits per heavy atom. The van der Waals surface area contributed by atoms with E-state index in [2.05, 4.69) is 26.2 Å². The number of nitrogens with one attached hydrogen (secondary N) is 2. The predicted molar refractivity (Wildman–Crippen MR) is 104 cm³/mol. The summed E-state index contributed by atoms with van der Waals surface area (Å²) in [6, 6.07) is 2.19. The highest BCUT2D eigenvalue weighted by atomic mass is 32.1. The molecule has 0 saturated carbocycles. The van der Waals surface area contributed by atoms with E-state index in [1.807, 2.05) is 28.7 Å². The lowest BCUT2D eigenvalue weighted by Crippen LogP contribution is -2.45. The Labute approximate surface area is 155 Å². The SMILES string of the molecule is C#CCC(=O)N1CCC[C@@H](Nc2c(-c3nccs3)cnc3[nH]ccc23)C1. The Balaban J connectivity index is 1.64. The number of carbonyl (C=O) groups is 1. The Hall–Kier alpha value is -2.85. The van der Waals surface area contributed by atoms with Crippen LogP contribution in [0.3, 0.4) is 0 Å². The summed E-state index contributed by atoms with van der Waals surface area (Å²) < 4.78 is 0. The molecule has 0 aliphatic carbocycles. The molecule has 3 aromatic rings. The quantitative estimate of drug-likeness (QED) is 0.697. The lowest BCUT2D eigenvalue weighted by Gasteiger charge is -2.34. The number of carbonyl (C=O) groups excluding carboxylic acids is 1. The highest BCUT2D eigenvalue weighted by molar-refractivity contribution is 7.13. The van der Waals surface area contributed by atoms with Gasteiger partial charge in [0.25, 0.3) is 0 Å². The second-order valence-corrected chi connectivity index (χ2v) is 7.22. The third-order valence-electron chi connectivity index (χ3n) is 4.63. The van der Waals surface area contributed by atoms with Gasteiger partial charge in [0, 0.05) is 48.5 Å². The maximum absolute atomic E-state index is 12.2. The molecule has 1 amide bonds. The number of H-pyrrole nitrogens is 1. The van der Waals surface area contributed by atoms with E-state index in [0.717, 1.165) is 46.7 Å². The number of likely N-dealkylation sites (tertiary alicyclic amines) is 1. The van der Waals surface area contributed by atoms with E-state index < -0.39 is 0 Å². The maximum Gasteiger partial charge on any atom is 0.234 e. The summed E-state index contributed by atoms with van der Waals surface area (Å²) in [5.41, 5.74) is 2.84. The van der Waals surface area contributed by atoms with Gasteiger partial charge in [-0.1, -0.05) is 5.92 Å². The lowest BCUT2D eigenvalue weighted by molar-refractivity contribution is -0.131. The fraction of sp³-hybridized carbons (Fsp3) is 0.316. The van der Waals surface area contributed by atoms with Gasteiger partial charge in [-0.3, -0.25) is 4.79 Å². The first-order valence-electron chi connectivity index (χ1n) is 8.60. The number of anilines is 1. The number of aromatic nitrogens is 3. The summed E-state index contributed by atoms with van der Waals surface area (Å²) in [4.78, 5) is 26.1. The van der Waals surface area contributed by atoms with Gasteiger partial charge in [0.15, 0.2) is 0 Å². The molecule has 0 radical (unpaired) electrons. The van der Waals surface area contributed by atoms with E-state index in [-0.39, 0.29) is 18.4 Å². The normalized spacial score (nSPS) is 17.2. The number of nitrogens with zero attached hydrogens (tertiary/aromatic N) is 3. The molecule has 26 heavy (non-hydrogen) atoms. The number of rotatable bonds is 4. The molecule has 1 saturated heterocycles. The molecule has 6 nitrogen and oxygen atoms in total. The fourth-order valence-corrected chi connectivity index (χ4v) is 4.06. The molecule has 132 valence electrons. The van der Waals surface area contributed by atoms with E-state index in [0.29, 0.717) is 6.54 Å². The van der Waals surface area contributed by atoms with Gasteiger partial charge in [0.05, 0.1) is 17.7 Å². The average Bonchev–Trinajstić information content (AvgIpc) is 3.34. The zero-order valence-electron chi connectivity index (χ0n) is 14.2. The number of terminal acetylenes is 1. The van der Waals surface area contributed by atoms with Crippen LogP contribution >= 0.6 is 11.3 Å². The first kappa shape index (κ1) is 16.6. The minimum atomic E-state index is 0.0284. The van der Waals surface area contributed by atoms with Crippen molar-refractivity contribution in [2.45, 2.75) is 25.3 Å². The van der Waals surface area contributed by atoms with Gasteiger partial charge in [0.1, 0.15) is 10.7 Å². The second-order valence-electron chi connectivity index (χ2n) is 6.33. The van der Waals surface area contributed by atoms with Crippen LogP contribution in [0.1, 0.15) is 19.3 Å². The molecule has 1 aliphatic rings. The number of hydrogen-bond donors (Lipinski definition) is 2. The van der Waals surface area contributed by atoms with Crippen molar-refractivity contribution in [3.8, 4) is 22.9 Å². The third kappa shape index (κ3) is 3.16. The molecule has 0 spiro atoms. The highest BCUT2D eigenvalue weighted by Crippen LogP contribution is 2.35. The summed E-state index contributed by atoms with van der Waals surface area (Å²) in [7, 11) is 0. The molecular formula is C19H19N5OS. The van der Waals surface area contributed by atoms with E-state index in [9.17, 15) is 4.79 Å². The fourth-order valence-electron chi connectivity index (χ4n) is 3.41. The van der Waals surface area contributed by atoms with Gasteiger partial charge in [-0.2, -0.15) is 0 Å². The Bertz CT molecular complexity index is 956. The van der Waals surface area contributed by atoms with E-state index >= 15 is 0 Å². The van der Waals surface area contributed by atoms with Crippen molar-refractivity contribution in [1.82, 2.24) is 19.9 Å². The number of aromatic amines is 1. The molecule has 0 aromatic carbocycles. The van der Waals surface area contributed by atoms with Gasteiger partial charge in [-0.25, -0.2) is 9.97 Å². The topological polar surface area (TPSA) is 73.9 Å². The van der Waals surface area contributed by atoms with Crippen LogP contribution in [-0.2, 0) is 4.79 Å². The summed E-state index contributed by atoms with van der Waals surface area (Å²) >= 11 is 1.59. The van der Waals surface area contributed by atoms with Crippen LogP contribution in [0.25, 0.3) is 21.6 Å². The van der Waals surface area contributed by atoms with Crippen molar-refractivity contribution in [1.29, 1.82) is 0 Å². The molecule has 1 fully saturated rings. The zero-order chi connectivity index (χ0) is 17.9. The van der Waals surface area contributed by atoms with Crippen molar-refractivity contribution < 1.29 is 4.79 Å². The maximum atomic E-state index is 12.2. The largest absolute Gasteiger partial charge is 0.379 e. The average molecular weight is 365 g/mol. The molecule has 7 heteroatoms. The molecular weight excluding hydrogens is 346 g/mol. The molecule has 2 N–H and O–H groups in total. The summed E-state index contributed by atoms with van der Waals surface area (Å²) in [5.74, 6) is 2.48. The van der Waals surface area contributed by atoms with E-state index in [1.165, 1.54) is 0 Å². The van der Waals surface area contributed by atoms with Crippen LogP contribution in [0, 0.1) is 12.3 Å². The lowest BCUT2D eigenvalue weighted by atomic mass is 10.0. The van der Waals surface area contributed by atoms with Crippen molar-refractivity contribution >= 4 is 34.0 Å². The zero-order valence-corrected chi connectivity index (χ0v) is 15.1. The summed E-state index contributed by atoms with van der Waals surface area (Å²) in [6.45, 7) is 1.43.